The highest BCUT2D eigenvalue weighted by Crippen LogP contribution is 2.39. The molecule has 4 aliphatic heterocycles. The molecule has 1 unspecified atom stereocenters. The van der Waals surface area contributed by atoms with Gasteiger partial charge in [-0.1, -0.05) is 24.0 Å². The quantitative estimate of drug-likeness (QED) is 0.110. The van der Waals surface area contributed by atoms with Gasteiger partial charge in [-0.05, 0) is 119 Å². The Morgan fingerprint density at radius 2 is 1.27 bits per heavy atom. The molecule has 9 rings (SSSR count). The Balaban J connectivity index is 0.929. The van der Waals surface area contributed by atoms with E-state index in [0.29, 0.717) is 63.8 Å². The van der Waals surface area contributed by atoms with Gasteiger partial charge < -0.3 is 49.7 Å². The summed E-state index contributed by atoms with van der Waals surface area (Å²) in [5, 5.41) is 17.0. The molecular formula is C47H54N8O8. The molecule has 0 aliphatic carbocycles. The molecule has 5 aromatic rings. The van der Waals surface area contributed by atoms with Gasteiger partial charge in [0.2, 0.25) is 11.8 Å². The third-order valence-corrected chi connectivity index (χ3v) is 13.6. The number of nitrogens with zero attached hydrogens (tertiary/aromatic N) is 4. The lowest BCUT2D eigenvalue weighted by molar-refractivity contribution is -0.139. The molecule has 0 bridgehead atoms. The molecule has 0 saturated carbocycles. The standard InChI is InChI=1S/C47H54N8O8/c1-26-4-14-37(54(26)45(57)40(53-47(60)61-3)31-18-22-63-23-19-31)42-48-34-12-9-29(25-36(34)50-42)7-6-28-8-11-33-32(24-28)10-13-35-41(33)51-43(49-35)38-15-5-27(2)55(38)44(56)39(52-46(58)59)30-16-20-62-21-17-30/h8-13,24-27,30-31,37-40,52H,4-5,14-23H2,1-3H3,(H,48,50)(H,49,51)(H,53,60)(H,58,59)/t26-,27-,37?,38-,39-,40-/m0/s1. The molecule has 0 radical (unpaired) electrons. The number of aromatic nitrogens is 4. The molecule has 2 aromatic heterocycles. The first kappa shape index (κ1) is 42.1. The van der Waals surface area contributed by atoms with Crippen LogP contribution in [-0.4, -0.2) is 117 Å². The van der Waals surface area contributed by atoms with Gasteiger partial charge in [-0.3, -0.25) is 9.59 Å². The van der Waals surface area contributed by atoms with E-state index in [0.717, 1.165) is 69.6 Å². The number of imidazole rings is 2. The number of likely N-dealkylation sites (tertiary alicyclic amines) is 2. The van der Waals surface area contributed by atoms with E-state index in [-0.39, 0.29) is 47.8 Å². The zero-order valence-corrected chi connectivity index (χ0v) is 35.8. The van der Waals surface area contributed by atoms with Crippen LogP contribution in [0.25, 0.3) is 32.8 Å². The molecule has 330 valence electrons. The highest BCUT2D eigenvalue weighted by Gasteiger charge is 2.44. The van der Waals surface area contributed by atoms with E-state index in [1.807, 2.05) is 72.2 Å². The molecule has 16 nitrogen and oxygen atoms in total. The second kappa shape index (κ2) is 17.9. The van der Waals surface area contributed by atoms with Gasteiger partial charge in [0, 0.05) is 55.0 Å². The van der Waals surface area contributed by atoms with Crippen molar-refractivity contribution in [1.29, 1.82) is 0 Å². The maximum atomic E-state index is 14.2. The molecule has 4 amide bonds. The van der Waals surface area contributed by atoms with Crippen LogP contribution in [0.3, 0.4) is 0 Å². The van der Waals surface area contributed by atoms with E-state index >= 15 is 0 Å². The minimum absolute atomic E-state index is 0.0329. The lowest BCUT2D eigenvalue weighted by Crippen LogP contribution is -2.54. The number of aromatic amines is 2. The van der Waals surface area contributed by atoms with Gasteiger partial charge >= 0.3 is 12.2 Å². The SMILES string of the molecule is COC(=O)N[C@H](C(=O)N1C(c2nc3cc(C#Cc4ccc5c(ccc6nc([C@@H]7CC[C@H](C)N7C(=O)[C@@H](NC(=O)O)C7CCOCC7)[nH]c65)c4)ccc3[nH]2)CC[C@@H]1C)C1CCOCC1. The number of rotatable bonds is 8. The normalized spacial score (nSPS) is 23.1. The summed E-state index contributed by atoms with van der Waals surface area (Å²) in [6.45, 7) is 6.15. The fraction of sp³-hybridized carbons (Fsp3) is 0.489. The molecule has 0 spiro atoms. The number of alkyl carbamates (subject to hydrolysis) is 1. The van der Waals surface area contributed by atoms with Crippen molar-refractivity contribution in [1.82, 2.24) is 40.4 Å². The predicted molar refractivity (Wildman–Crippen MR) is 234 cm³/mol. The van der Waals surface area contributed by atoms with Gasteiger partial charge in [-0.15, -0.1) is 0 Å². The predicted octanol–water partition coefficient (Wildman–Crippen LogP) is 6.31. The number of carbonyl (C=O) groups excluding carboxylic acids is 3. The smallest absolute Gasteiger partial charge is 0.407 e. The fourth-order valence-electron chi connectivity index (χ4n) is 10.2. The number of benzene rings is 3. The number of fused-ring (bicyclic) bond motifs is 4. The van der Waals surface area contributed by atoms with Crippen LogP contribution in [0.2, 0.25) is 0 Å². The summed E-state index contributed by atoms with van der Waals surface area (Å²) in [4.78, 5) is 73.2. The van der Waals surface area contributed by atoms with Gasteiger partial charge in [0.1, 0.15) is 23.7 Å². The Kier molecular flexibility index (Phi) is 12.0. The maximum absolute atomic E-state index is 14.2. The lowest BCUT2D eigenvalue weighted by Gasteiger charge is -2.36. The molecule has 3 aromatic carbocycles. The van der Waals surface area contributed by atoms with Gasteiger partial charge in [0.25, 0.3) is 0 Å². The van der Waals surface area contributed by atoms with E-state index in [9.17, 15) is 24.3 Å². The number of amides is 4. The van der Waals surface area contributed by atoms with Gasteiger partial charge in [-0.25, -0.2) is 19.6 Å². The first-order valence-corrected chi connectivity index (χ1v) is 22.1. The number of carboxylic acid groups (broad SMARTS) is 1. The Hall–Kier alpha value is -6.18. The minimum atomic E-state index is -1.21. The number of nitrogens with one attached hydrogen (secondary N) is 4. The minimum Gasteiger partial charge on any atom is -0.465 e. The van der Waals surface area contributed by atoms with Crippen LogP contribution >= 0.6 is 0 Å². The Bertz CT molecular complexity index is 2600. The molecule has 4 saturated heterocycles. The van der Waals surface area contributed by atoms with Crippen LogP contribution in [0.5, 0.6) is 0 Å². The molecule has 16 heteroatoms. The van der Waals surface area contributed by atoms with Gasteiger partial charge in [0.05, 0.1) is 41.3 Å². The summed E-state index contributed by atoms with van der Waals surface area (Å²) in [5.74, 6) is 7.49. The molecule has 6 heterocycles. The fourth-order valence-corrected chi connectivity index (χ4v) is 10.2. The van der Waals surface area contributed by atoms with Crippen molar-refractivity contribution < 1.29 is 38.5 Å². The largest absolute Gasteiger partial charge is 0.465 e. The van der Waals surface area contributed by atoms with Crippen molar-refractivity contribution in [3.05, 3.63) is 71.3 Å². The highest BCUT2D eigenvalue weighted by atomic mass is 16.5. The van der Waals surface area contributed by atoms with E-state index in [1.165, 1.54) is 7.11 Å². The number of ether oxygens (including phenoxy) is 3. The average molecular weight is 859 g/mol. The van der Waals surface area contributed by atoms with Crippen molar-refractivity contribution >= 4 is 56.8 Å². The summed E-state index contributed by atoms with van der Waals surface area (Å²) < 4.78 is 15.9. The van der Waals surface area contributed by atoms with E-state index < -0.39 is 24.3 Å². The number of methoxy groups -OCH3 is 1. The molecular weight excluding hydrogens is 805 g/mol. The Labute approximate surface area is 364 Å². The summed E-state index contributed by atoms with van der Waals surface area (Å²) in [6.07, 6.45) is 3.82. The highest BCUT2D eigenvalue weighted by molar-refractivity contribution is 6.04. The lowest BCUT2D eigenvalue weighted by atomic mass is 9.90. The number of carbonyl (C=O) groups is 4. The van der Waals surface area contributed by atoms with Crippen molar-refractivity contribution in [3.63, 3.8) is 0 Å². The molecule has 6 atom stereocenters. The molecule has 4 aliphatic rings. The number of hydrogen-bond donors (Lipinski definition) is 5. The average Bonchev–Trinajstić information content (AvgIpc) is 4.11. The monoisotopic (exact) mass is 858 g/mol. The van der Waals surface area contributed by atoms with Crippen LogP contribution in [0.4, 0.5) is 9.59 Å². The van der Waals surface area contributed by atoms with Crippen LogP contribution in [-0.2, 0) is 23.8 Å². The van der Waals surface area contributed by atoms with Crippen LogP contribution in [0.1, 0.15) is 100 Å². The second-order valence-electron chi connectivity index (χ2n) is 17.4. The summed E-state index contributed by atoms with van der Waals surface area (Å²) in [5.41, 5.74) is 4.89. The number of H-pyrrole nitrogens is 2. The summed E-state index contributed by atoms with van der Waals surface area (Å²) in [7, 11) is 1.30. The number of hydrogen-bond acceptors (Lipinski definition) is 9. The third-order valence-electron chi connectivity index (χ3n) is 13.6. The van der Waals surface area contributed by atoms with Crippen molar-refractivity contribution in [3.8, 4) is 11.8 Å². The van der Waals surface area contributed by atoms with E-state index in [1.54, 1.807) is 0 Å². The zero-order chi connectivity index (χ0) is 43.8. The van der Waals surface area contributed by atoms with Gasteiger partial charge in [-0.2, -0.15) is 0 Å². The van der Waals surface area contributed by atoms with Crippen LogP contribution in [0, 0.1) is 23.7 Å². The van der Waals surface area contributed by atoms with Crippen molar-refractivity contribution in [2.75, 3.05) is 33.5 Å². The van der Waals surface area contributed by atoms with Crippen molar-refractivity contribution in [2.24, 2.45) is 11.8 Å². The van der Waals surface area contributed by atoms with Crippen LogP contribution < -0.4 is 10.6 Å². The summed E-state index contributed by atoms with van der Waals surface area (Å²) >= 11 is 0. The Morgan fingerprint density at radius 3 is 1.87 bits per heavy atom. The van der Waals surface area contributed by atoms with E-state index in [2.05, 4.69) is 32.4 Å². The Morgan fingerprint density at radius 1 is 0.714 bits per heavy atom. The summed E-state index contributed by atoms with van der Waals surface area (Å²) in [6, 6.07) is 13.7. The van der Waals surface area contributed by atoms with E-state index in [4.69, 9.17) is 24.2 Å². The molecule has 5 N–H and O–H groups in total. The first-order chi connectivity index (χ1) is 30.6. The third kappa shape index (κ3) is 8.51. The van der Waals surface area contributed by atoms with Crippen molar-refractivity contribution in [2.45, 2.75) is 101 Å². The maximum Gasteiger partial charge on any atom is 0.407 e. The second-order valence-corrected chi connectivity index (χ2v) is 17.4. The first-order valence-electron chi connectivity index (χ1n) is 22.1. The van der Waals surface area contributed by atoms with Crippen LogP contribution in [0.15, 0.2) is 48.5 Å². The molecule has 63 heavy (non-hydrogen) atoms. The molecule has 4 fully saturated rings. The van der Waals surface area contributed by atoms with Gasteiger partial charge in [0.15, 0.2) is 0 Å². The zero-order valence-electron chi connectivity index (χ0n) is 35.8. The topological polar surface area (TPSA) is 204 Å².